The van der Waals surface area contributed by atoms with Crippen LogP contribution >= 0.6 is 0 Å². The summed E-state index contributed by atoms with van der Waals surface area (Å²) in [5, 5.41) is 3.40. The smallest absolute Gasteiger partial charge is 0.208 e. The molecule has 0 amide bonds. The zero-order chi connectivity index (χ0) is 14.7. The summed E-state index contributed by atoms with van der Waals surface area (Å²) in [5.41, 5.74) is 4.72. The zero-order valence-electron chi connectivity index (χ0n) is 12.9. The minimum absolute atomic E-state index is 0.214. The normalized spacial score (nSPS) is 12.4. The molecule has 2 rings (SSSR count). The van der Waals surface area contributed by atoms with E-state index >= 15 is 0 Å². The molecule has 1 aromatic heterocycles. The van der Waals surface area contributed by atoms with Crippen LogP contribution in [0.5, 0.6) is 0 Å². The van der Waals surface area contributed by atoms with Crippen LogP contribution in [0.15, 0.2) is 24.4 Å². The van der Waals surface area contributed by atoms with E-state index in [-0.39, 0.29) is 6.04 Å². The molecule has 0 saturated heterocycles. The molecule has 0 fully saturated rings. The van der Waals surface area contributed by atoms with Crippen molar-refractivity contribution in [3.63, 3.8) is 0 Å². The number of aromatic nitrogens is 2. The van der Waals surface area contributed by atoms with Gasteiger partial charge in [-0.1, -0.05) is 12.1 Å². The number of imidazole rings is 1. The lowest BCUT2D eigenvalue weighted by Gasteiger charge is -2.17. The fraction of sp³-hybridized carbons (Fsp3) is 0.438. The van der Waals surface area contributed by atoms with Gasteiger partial charge in [0, 0.05) is 19.3 Å². The van der Waals surface area contributed by atoms with Gasteiger partial charge in [0.2, 0.25) is 5.95 Å². The Morgan fingerprint density at radius 2 is 2.05 bits per heavy atom. The van der Waals surface area contributed by atoms with E-state index in [1.165, 1.54) is 11.1 Å². The fourth-order valence-electron chi connectivity index (χ4n) is 2.29. The van der Waals surface area contributed by atoms with E-state index < -0.39 is 0 Å². The molecule has 0 aliphatic rings. The van der Waals surface area contributed by atoms with Gasteiger partial charge in [-0.3, -0.25) is 4.57 Å². The Kier molecular flexibility index (Phi) is 4.45. The Morgan fingerprint density at radius 1 is 1.30 bits per heavy atom. The van der Waals surface area contributed by atoms with Gasteiger partial charge in [-0.05, 0) is 44.9 Å². The molecule has 0 aliphatic carbocycles. The summed E-state index contributed by atoms with van der Waals surface area (Å²) in [5.74, 6) is 0.862. The third-order valence-corrected chi connectivity index (χ3v) is 3.45. The standard InChI is InChI=1S/C16H23N3O/c1-11-7-6-8-15(14(11)4)19-9-12(2)17-16(19)18-13(3)10-20-5/h6-9,13H,10H2,1-5H3,(H,17,18). The van der Waals surface area contributed by atoms with E-state index in [1.54, 1.807) is 7.11 Å². The largest absolute Gasteiger partial charge is 0.383 e. The molecular formula is C16H23N3O. The lowest BCUT2D eigenvalue weighted by molar-refractivity contribution is 0.190. The topological polar surface area (TPSA) is 39.1 Å². The van der Waals surface area contributed by atoms with Crippen molar-refractivity contribution in [2.24, 2.45) is 0 Å². The predicted molar refractivity (Wildman–Crippen MR) is 82.7 cm³/mol. The molecule has 108 valence electrons. The number of hydrogen-bond acceptors (Lipinski definition) is 3. The molecule has 20 heavy (non-hydrogen) atoms. The number of benzene rings is 1. The zero-order valence-corrected chi connectivity index (χ0v) is 12.9. The SMILES string of the molecule is COCC(C)Nc1nc(C)cn1-c1cccc(C)c1C. The van der Waals surface area contributed by atoms with Crippen LogP contribution in [0.25, 0.3) is 5.69 Å². The second-order valence-electron chi connectivity index (χ2n) is 5.30. The van der Waals surface area contributed by atoms with Gasteiger partial charge in [0.1, 0.15) is 0 Å². The molecule has 1 N–H and O–H groups in total. The summed E-state index contributed by atoms with van der Waals surface area (Å²) >= 11 is 0. The van der Waals surface area contributed by atoms with Crippen LogP contribution in [0.4, 0.5) is 5.95 Å². The molecule has 0 aliphatic heterocycles. The van der Waals surface area contributed by atoms with Gasteiger partial charge in [0.05, 0.1) is 18.0 Å². The van der Waals surface area contributed by atoms with Gasteiger partial charge in [-0.25, -0.2) is 4.98 Å². The van der Waals surface area contributed by atoms with E-state index in [2.05, 4.69) is 60.0 Å². The van der Waals surface area contributed by atoms with E-state index in [4.69, 9.17) is 4.74 Å². The Hall–Kier alpha value is -1.81. The molecule has 4 nitrogen and oxygen atoms in total. The maximum atomic E-state index is 5.17. The Labute approximate surface area is 120 Å². The molecule has 4 heteroatoms. The number of nitrogens with one attached hydrogen (secondary N) is 1. The van der Waals surface area contributed by atoms with E-state index in [0.717, 1.165) is 17.3 Å². The molecule has 1 atom stereocenters. The summed E-state index contributed by atoms with van der Waals surface area (Å²) in [4.78, 5) is 4.58. The highest BCUT2D eigenvalue weighted by Crippen LogP contribution is 2.22. The van der Waals surface area contributed by atoms with Crippen molar-refractivity contribution in [3.05, 3.63) is 41.2 Å². The molecule has 0 saturated carbocycles. The van der Waals surface area contributed by atoms with Crippen molar-refractivity contribution in [1.82, 2.24) is 9.55 Å². The summed E-state index contributed by atoms with van der Waals surface area (Å²) in [7, 11) is 1.71. The van der Waals surface area contributed by atoms with Gasteiger partial charge in [-0.2, -0.15) is 0 Å². The maximum absolute atomic E-state index is 5.17. The maximum Gasteiger partial charge on any atom is 0.208 e. The number of methoxy groups -OCH3 is 1. The van der Waals surface area contributed by atoms with Crippen molar-refractivity contribution in [1.29, 1.82) is 0 Å². The highest BCUT2D eigenvalue weighted by molar-refractivity contribution is 5.50. The van der Waals surface area contributed by atoms with Gasteiger partial charge < -0.3 is 10.1 Å². The van der Waals surface area contributed by atoms with Crippen molar-refractivity contribution in [2.75, 3.05) is 19.0 Å². The molecule has 2 aromatic rings. The third-order valence-electron chi connectivity index (χ3n) is 3.45. The number of hydrogen-bond donors (Lipinski definition) is 1. The van der Waals surface area contributed by atoms with Crippen molar-refractivity contribution in [3.8, 4) is 5.69 Å². The Balaban J connectivity index is 2.39. The first-order valence-corrected chi connectivity index (χ1v) is 6.91. The predicted octanol–water partition coefficient (Wildman–Crippen LogP) is 3.24. The first kappa shape index (κ1) is 14.6. The summed E-state index contributed by atoms with van der Waals surface area (Å²) < 4.78 is 7.29. The van der Waals surface area contributed by atoms with Crippen LogP contribution in [0.3, 0.4) is 0 Å². The van der Waals surface area contributed by atoms with Crippen LogP contribution in [-0.4, -0.2) is 29.3 Å². The van der Waals surface area contributed by atoms with Crippen LogP contribution in [0.2, 0.25) is 0 Å². The van der Waals surface area contributed by atoms with Crippen LogP contribution in [0, 0.1) is 20.8 Å². The number of anilines is 1. The summed E-state index contributed by atoms with van der Waals surface area (Å²) in [6.07, 6.45) is 2.06. The number of aryl methyl sites for hydroxylation is 2. The first-order valence-electron chi connectivity index (χ1n) is 6.91. The van der Waals surface area contributed by atoms with Gasteiger partial charge in [-0.15, -0.1) is 0 Å². The average Bonchev–Trinajstić information content (AvgIpc) is 2.74. The van der Waals surface area contributed by atoms with Gasteiger partial charge >= 0.3 is 0 Å². The second kappa shape index (κ2) is 6.09. The number of rotatable bonds is 5. The van der Waals surface area contributed by atoms with Gasteiger partial charge in [0.25, 0.3) is 0 Å². The highest BCUT2D eigenvalue weighted by Gasteiger charge is 2.12. The van der Waals surface area contributed by atoms with Crippen LogP contribution in [0.1, 0.15) is 23.7 Å². The van der Waals surface area contributed by atoms with Crippen molar-refractivity contribution < 1.29 is 4.74 Å². The lowest BCUT2D eigenvalue weighted by Crippen LogP contribution is -2.23. The minimum Gasteiger partial charge on any atom is -0.383 e. The van der Waals surface area contributed by atoms with E-state index in [9.17, 15) is 0 Å². The van der Waals surface area contributed by atoms with Crippen LogP contribution < -0.4 is 5.32 Å². The number of ether oxygens (including phenoxy) is 1. The van der Waals surface area contributed by atoms with Gasteiger partial charge in [0.15, 0.2) is 0 Å². The summed E-state index contributed by atoms with van der Waals surface area (Å²) in [6, 6.07) is 6.54. The number of nitrogens with zero attached hydrogens (tertiary/aromatic N) is 2. The van der Waals surface area contributed by atoms with Crippen molar-refractivity contribution in [2.45, 2.75) is 33.7 Å². The Morgan fingerprint density at radius 3 is 2.75 bits per heavy atom. The quantitative estimate of drug-likeness (QED) is 0.909. The lowest BCUT2D eigenvalue weighted by atomic mass is 10.1. The fourth-order valence-corrected chi connectivity index (χ4v) is 2.29. The van der Waals surface area contributed by atoms with E-state index in [0.29, 0.717) is 6.61 Å². The molecular weight excluding hydrogens is 250 g/mol. The molecule has 0 bridgehead atoms. The molecule has 0 spiro atoms. The molecule has 1 heterocycles. The molecule has 1 unspecified atom stereocenters. The third kappa shape index (κ3) is 3.02. The highest BCUT2D eigenvalue weighted by atomic mass is 16.5. The average molecular weight is 273 g/mol. The summed E-state index contributed by atoms with van der Waals surface area (Å²) in [6.45, 7) is 9.01. The first-order chi connectivity index (χ1) is 9.52. The van der Waals surface area contributed by atoms with E-state index in [1.807, 2.05) is 6.92 Å². The molecule has 1 aromatic carbocycles. The monoisotopic (exact) mass is 273 g/mol. The Bertz CT molecular complexity index is 589. The minimum atomic E-state index is 0.214. The van der Waals surface area contributed by atoms with Crippen LogP contribution in [-0.2, 0) is 4.74 Å². The second-order valence-corrected chi connectivity index (χ2v) is 5.30. The van der Waals surface area contributed by atoms with Crippen molar-refractivity contribution >= 4 is 5.95 Å². The molecule has 0 radical (unpaired) electrons.